The minimum Gasteiger partial charge on any atom is -0.301 e. The van der Waals surface area contributed by atoms with E-state index in [1.54, 1.807) is 0 Å². The van der Waals surface area contributed by atoms with Crippen molar-refractivity contribution in [2.45, 2.75) is 19.1 Å². The number of rotatable bonds is 0. The molecule has 1 aliphatic heterocycles. The Morgan fingerprint density at radius 2 is 2.50 bits per heavy atom. The van der Waals surface area contributed by atoms with Gasteiger partial charge in [0.15, 0.2) is 0 Å². The van der Waals surface area contributed by atoms with Crippen LogP contribution in [0.3, 0.4) is 0 Å². The van der Waals surface area contributed by atoms with Gasteiger partial charge in [-0.1, -0.05) is 6.32 Å². The van der Waals surface area contributed by atoms with Crippen molar-refractivity contribution < 1.29 is 4.79 Å². The van der Waals surface area contributed by atoms with E-state index in [0.29, 0.717) is 5.78 Å². The molecule has 0 N–H and O–H groups in total. The smallest absolute Gasteiger partial charge is 0.124 e. The highest BCUT2D eigenvalue weighted by Gasteiger charge is 2.08. The van der Waals surface area contributed by atoms with Crippen LogP contribution in [0.5, 0.6) is 0 Å². The van der Waals surface area contributed by atoms with Crippen LogP contribution < -0.4 is 0 Å². The van der Waals surface area contributed by atoms with Gasteiger partial charge in [-0.2, -0.15) is 0 Å². The first kappa shape index (κ1) is 3.91. The summed E-state index contributed by atoms with van der Waals surface area (Å²) in [6.07, 6.45) is 2.53. The zero-order chi connectivity index (χ0) is 4.41. The van der Waals surface area contributed by atoms with Gasteiger partial charge in [0.05, 0.1) is 0 Å². The van der Waals surface area contributed by atoms with Crippen LogP contribution in [0, 0.1) is 0 Å². The summed E-state index contributed by atoms with van der Waals surface area (Å²) in [7, 11) is 2.03. The monoisotopic (exact) mass is 81.1 g/mol. The average molecular weight is 80.9 g/mol. The molecule has 31 valence electrons. The molecule has 0 spiro atoms. The normalized spacial score (nSPS) is 21.0. The summed E-state index contributed by atoms with van der Waals surface area (Å²) in [5.74, 6) is 0.398. The van der Waals surface area contributed by atoms with Gasteiger partial charge in [-0.15, -0.1) is 0 Å². The van der Waals surface area contributed by atoms with E-state index in [0.717, 1.165) is 19.1 Å². The van der Waals surface area contributed by atoms with E-state index < -0.39 is 0 Å². The van der Waals surface area contributed by atoms with Crippen molar-refractivity contribution in [1.82, 2.24) is 0 Å². The highest BCUT2D eigenvalue weighted by molar-refractivity contribution is 6.45. The van der Waals surface area contributed by atoms with Crippen molar-refractivity contribution in [3.8, 4) is 0 Å². The van der Waals surface area contributed by atoms with Crippen LogP contribution in [0.4, 0.5) is 0 Å². The lowest BCUT2D eigenvalue weighted by molar-refractivity contribution is -0.116. The molecule has 0 amide bonds. The summed E-state index contributed by atoms with van der Waals surface area (Å²) in [4.78, 5) is 10.2. The summed E-state index contributed by atoms with van der Waals surface area (Å²) in [6.45, 7) is 0. The Morgan fingerprint density at radius 3 is 2.67 bits per heavy atom. The molecule has 0 aromatic carbocycles. The predicted molar refractivity (Wildman–Crippen MR) is 25.0 cm³/mol. The molecule has 0 saturated carbocycles. The number of hydrogen-bond acceptors (Lipinski definition) is 1. The highest BCUT2D eigenvalue weighted by atomic mass is 16.1. The number of ketones is 1. The molecule has 1 heterocycles. The lowest BCUT2D eigenvalue weighted by Crippen LogP contribution is -1.83. The van der Waals surface area contributed by atoms with Gasteiger partial charge in [0.2, 0.25) is 0 Å². The summed E-state index contributed by atoms with van der Waals surface area (Å²) in [5, 5.41) is 0. The molecule has 2 heteroatoms. The van der Waals surface area contributed by atoms with Crippen LogP contribution in [0.15, 0.2) is 0 Å². The molecule has 1 saturated heterocycles. The van der Waals surface area contributed by atoms with Crippen LogP contribution in [0.25, 0.3) is 0 Å². The summed E-state index contributed by atoms with van der Waals surface area (Å²) in [5.41, 5.74) is 0. The van der Waals surface area contributed by atoms with Gasteiger partial charge in [-0.25, -0.2) is 0 Å². The van der Waals surface area contributed by atoms with Crippen molar-refractivity contribution in [1.29, 1.82) is 0 Å². The molecule has 0 bridgehead atoms. The van der Waals surface area contributed by atoms with Crippen molar-refractivity contribution in [3.05, 3.63) is 0 Å². The Labute approximate surface area is 38.0 Å². The second-order valence-electron chi connectivity index (χ2n) is 1.57. The van der Waals surface area contributed by atoms with E-state index >= 15 is 0 Å². The topological polar surface area (TPSA) is 17.1 Å². The average Bonchev–Trinajstić information content (AvgIpc) is 1.86. The zero-order valence-electron chi connectivity index (χ0n) is 3.61. The van der Waals surface area contributed by atoms with E-state index in [1.807, 2.05) is 7.28 Å². The number of carbonyl (C=O) groups is 1. The van der Waals surface area contributed by atoms with Gasteiger partial charge in [-0.05, 0) is 12.7 Å². The molecular formula is C4H6BO. The standard InChI is InChI=1S/C4H6BO/c6-4-1-2-5-3-4/h1-3H2. The fraction of sp³-hybridized carbons (Fsp3) is 0.750. The summed E-state index contributed by atoms with van der Waals surface area (Å²) >= 11 is 0. The summed E-state index contributed by atoms with van der Waals surface area (Å²) in [6, 6.07) is 0. The van der Waals surface area contributed by atoms with Gasteiger partial charge in [0, 0.05) is 0 Å². The molecule has 1 nitrogen and oxygen atoms in total. The quantitative estimate of drug-likeness (QED) is 0.388. The van der Waals surface area contributed by atoms with Crippen LogP contribution in [0.2, 0.25) is 12.6 Å². The van der Waals surface area contributed by atoms with Gasteiger partial charge < -0.3 is 4.79 Å². The van der Waals surface area contributed by atoms with Crippen molar-refractivity contribution in [2.24, 2.45) is 0 Å². The first-order valence-corrected chi connectivity index (χ1v) is 2.23. The van der Waals surface area contributed by atoms with Crippen LogP contribution >= 0.6 is 0 Å². The fourth-order valence-corrected chi connectivity index (χ4v) is 0.628. The van der Waals surface area contributed by atoms with E-state index in [-0.39, 0.29) is 0 Å². The van der Waals surface area contributed by atoms with Crippen LogP contribution in [-0.4, -0.2) is 13.1 Å². The number of Topliss-reactive ketones (excluding diaryl/α,β-unsaturated/α-hetero) is 1. The summed E-state index contributed by atoms with van der Waals surface area (Å²) < 4.78 is 0. The molecular weight excluding hydrogens is 74.9 g/mol. The minimum atomic E-state index is 0.398. The largest absolute Gasteiger partial charge is 0.301 e. The van der Waals surface area contributed by atoms with Gasteiger partial charge in [-0.3, -0.25) is 0 Å². The Kier molecular flexibility index (Phi) is 0.949. The van der Waals surface area contributed by atoms with Crippen LogP contribution in [0.1, 0.15) is 6.42 Å². The van der Waals surface area contributed by atoms with E-state index in [2.05, 4.69) is 0 Å². The van der Waals surface area contributed by atoms with Crippen molar-refractivity contribution in [3.63, 3.8) is 0 Å². The predicted octanol–water partition coefficient (Wildman–Crippen LogP) is 0.500. The molecule has 0 aliphatic carbocycles. The third kappa shape index (κ3) is 0.616. The maximum absolute atomic E-state index is 10.2. The lowest BCUT2D eigenvalue weighted by atomic mass is 9.77. The van der Waals surface area contributed by atoms with Gasteiger partial charge >= 0.3 is 0 Å². The molecule has 0 aromatic heterocycles. The SMILES string of the molecule is O=C1C[B]CC1. The molecule has 1 radical (unpaired) electrons. The van der Waals surface area contributed by atoms with Gasteiger partial charge in [0.1, 0.15) is 13.1 Å². The number of hydrogen-bond donors (Lipinski definition) is 0. The second-order valence-corrected chi connectivity index (χ2v) is 1.57. The van der Waals surface area contributed by atoms with E-state index in [1.165, 1.54) is 0 Å². The molecule has 1 aliphatic rings. The van der Waals surface area contributed by atoms with Gasteiger partial charge in [0.25, 0.3) is 0 Å². The Morgan fingerprint density at radius 1 is 1.67 bits per heavy atom. The minimum absolute atomic E-state index is 0.398. The molecule has 0 atom stereocenters. The van der Waals surface area contributed by atoms with Crippen molar-refractivity contribution in [2.75, 3.05) is 0 Å². The first-order chi connectivity index (χ1) is 2.89. The van der Waals surface area contributed by atoms with Crippen molar-refractivity contribution >= 4 is 13.1 Å². The Bertz CT molecular complexity index is 61.9. The van der Waals surface area contributed by atoms with E-state index in [9.17, 15) is 4.79 Å². The highest BCUT2D eigenvalue weighted by Crippen LogP contribution is 2.05. The second kappa shape index (κ2) is 1.46. The zero-order valence-corrected chi connectivity index (χ0v) is 3.61. The molecule has 6 heavy (non-hydrogen) atoms. The molecule has 1 fully saturated rings. The fourth-order valence-electron chi connectivity index (χ4n) is 0.628. The maximum atomic E-state index is 10.2. The van der Waals surface area contributed by atoms with Crippen LogP contribution in [-0.2, 0) is 4.79 Å². The Hall–Kier alpha value is -0.265. The Balaban J connectivity index is 2.37. The molecule has 0 aromatic rings. The van der Waals surface area contributed by atoms with E-state index in [4.69, 9.17) is 0 Å². The molecule has 0 unspecified atom stereocenters. The third-order valence-corrected chi connectivity index (χ3v) is 0.999. The number of carbonyl (C=O) groups excluding carboxylic acids is 1. The molecule has 1 rings (SSSR count). The first-order valence-electron chi connectivity index (χ1n) is 2.23. The maximum Gasteiger partial charge on any atom is 0.124 e. The third-order valence-electron chi connectivity index (χ3n) is 0.999. The lowest BCUT2D eigenvalue weighted by Gasteiger charge is -1.72.